The van der Waals surface area contributed by atoms with Crippen molar-refractivity contribution in [1.82, 2.24) is 10.2 Å². The predicted molar refractivity (Wildman–Crippen MR) is 53.6 cm³/mol. The van der Waals surface area contributed by atoms with Gasteiger partial charge in [-0.3, -0.25) is 5.10 Å². The van der Waals surface area contributed by atoms with E-state index >= 15 is 0 Å². The van der Waals surface area contributed by atoms with Gasteiger partial charge in [-0.2, -0.15) is 5.10 Å². The fourth-order valence-corrected chi connectivity index (χ4v) is 2.59. The third kappa shape index (κ3) is 1.50. The van der Waals surface area contributed by atoms with Crippen molar-refractivity contribution in [2.24, 2.45) is 0 Å². The topological polar surface area (TPSA) is 28.7 Å². The van der Waals surface area contributed by atoms with Crippen LogP contribution in [0, 0.1) is 0 Å². The van der Waals surface area contributed by atoms with Gasteiger partial charge in [0, 0.05) is 17.3 Å². The minimum absolute atomic E-state index is 0.425. The number of hydrogen-bond donors (Lipinski definition) is 1. The molecule has 1 aliphatic rings. The molecule has 1 N–H and O–H groups in total. The van der Waals surface area contributed by atoms with Crippen LogP contribution in [0.15, 0.2) is 12.3 Å². The predicted octanol–water partition coefficient (Wildman–Crippen LogP) is 3.02. The van der Waals surface area contributed by atoms with Crippen LogP contribution in [-0.2, 0) is 5.41 Å². The number of nitrogens with zero attached hydrogens (tertiary/aromatic N) is 1. The van der Waals surface area contributed by atoms with Crippen molar-refractivity contribution >= 4 is 0 Å². The van der Waals surface area contributed by atoms with Gasteiger partial charge in [-0.1, -0.05) is 26.2 Å². The molecule has 1 fully saturated rings. The second-order valence-electron chi connectivity index (χ2n) is 4.16. The van der Waals surface area contributed by atoms with Crippen molar-refractivity contribution in [3.63, 3.8) is 0 Å². The van der Waals surface area contributed by atoms with Gasteiger partial charge in [-0.25, -0.2) is 0 Å². The molecule has 0 atom stereocenters. The van der Waals surface area contributed by atoms with E-state index < -0.39 is 0 Å². The molecule has 72 valence electrons. The van der Waals surface area contributed by atoms with E-state index in [0.29, 0.717) is 5.41 Å². The molecule has 0 bridgehead atoms. The number of hydrogen-bond acceptors (Lipinski definition) is 1. The molecule has 0 aliphatic heterocycles. The SMILES string of the molecule is CCC1(c2ccn[nH]2)CCCCC1. The Bertz CT molecular complexity index is 245. The molecular formula is C11H18N2. The van der Waals surface area contributed by atoms with Crippen LogP contribution in [0.25, 0.3) is 0 Å². The number of nitrogens with one attached hydrogen (secondary N) is 1. The Morgan fingerprint density at radius 3 is 2.69 bits per heavy atom. The Balaban J connectivity index is 2.23. The first-order valence-electron chi connectivity index (χ1n) is 5.37. The third-order valence-corrected chi connectivity index (χ3v) is 3.56. The first-order valence-corrected chi connectivity index (χ1v) is 5.37. The standard InChI is InChI=1S/C11H18N2/c1-2-11(7-4-3-5-8-11)10-6-9-12-13-10/h6,9H,2-5,7-8H2,1H3,(H,12,13). The highest BCUT2D eigenvalue weighted by Gasteiger charge is 2.32. The average molecular weight is 178 g/mol. The zero-order valence-corrected chi connectivity index (χ0v) is 8.34. The van der Waals surface area contributed by atoms with Gasteiger partial charge in [0.25, 0.3) is 0 Å². The highest BCUT2D eigenvalue weighted by molar-refractivity contribution is 5.15. The number of rotatable bonds is 2. The zero-order valence-electron chi connectivity index (χ0n) is 8.34. The Hall–Kier alpha value is -0.790. The number of aromatic amines is 1. The van der Waals surface area contributed by atoms with E-state index in [1.165, 1.54) is 44.2 Å². The number of aromatic nitrogens is 2. The van der Waals surface area contributed by atoms with E-state index in [0.717, 1.165) is 0 Å². The van der Waals surface area contributed by atoms with Gasteiger partial charge < -0.3 is 0 Å². The lowest BCUT2D eigenvalue weighted by Gasteiger charge is -2.35. The van der Waals surface area contributed by atoms with Crippen molar-refractivity contribution in [1.29, 1.82) is 0 Å². The molecule has 2 nitrogen and oxygen atoms in total. The fourth-order valence-electron chi connectivity index (χ4n) is 2.59. The monoisotopic (exact) mass is 178 g/mol. The fraction of sp³-hybridized carbons (Fsp3) is 0.727. The normalized spacial score (nSPS) is 21.6. The first kappa shape index (κ1) is 8.79. The summed E-state index contributed by atoms with van der Waals surface area (Å²) in [5.74, 6) is 0. The lowest BCUT2D eigenvalue weighted by molar-refractivity contribution is 0.276. The van der Waals surface area contributed by atoms with Gasteiger partial charge in [0.05, 0.1) is 0 Å². The molecule has 0 saturated heterocycles. The van der Waals surface area contributed by atoms with E-state index in [4.69, 9.17) is 0 Å². The highest BCUT2D eigenvalue weighted by atomic mass is 15.1. The van der Waals surface area contributed by atoms with Gasteiger partial charge in [-0.05, 0) is 25.3 Å². The maximum absolute atomic E-state index is 4.07. The molecule has 0 radical (unpaired) electrons. The molecule has 0 amide bonds. The van der Waals surface area contributed by atoms with Crippen LogP contribution in [0.5, 0.6) is 0 Å². The van der Waals surface area contributed by atoms with Crippen molar-refractivity contribution in [2.45, 2.75) is 50.9 Å². The summed E-state index contributed by atoms with van der Waals surface area (Å²) in [5.41, 5.74) is 1.78. The van der Waals surface area contributed by atoms with Gasteiger partial charge in [0.1, 0.15) is 0 Å². The van der Waals surface area contributed by atoms with Crippen LogP contribution in [0.2, 0.25) is 0 Å². The van der Waals surface area contributed by atoms with Crippen LogP contribution in [0.3, 0.4) is 0 Å². The molecule has 0 spiro atoms. The molecule has 0 unspecified atom stereocenters. The van der Waals surface area contributed by atoms with Crippen molar-refractivity contribution < 1.29 is 0 Å². The van der Waals surface area contributed by atoms with Crippen molar-refractivity contribution in [3.8, 4) is 0 Å². The summed E-state index contributed by atoms with van der Waals surface area (Å²) in [6, 6.07) is 2.15. The summed E-state index contributed by atoms with van der Waals surface area (Å²) in [4.78, 5) is 0. The van der Waals surface area contributed by atoms with Gasteiger partial charge in [-0.15, -0.1) is 0 Å². The number of H-pyrrole nitrogens is 1. The van der Waals surface area contributed by atoms with Crippen LogP contribution in [-0.4, -0.2) is 10.2 Å². The Kier molecular flexibility index (Phi) is 2.38. The largest absolute Gasteiger partial charge is 0.282 e. The van der Waals surface area contributed by atoms with Crippen molar-refractivity contribution in [3.05, 3.63) is 18.0 Å². The van der Waals surface area contributed by atoms with Gasteiger partial charge in [0.2, 0.25) is 0 Å². The van der Waals surface area contributed by atoms with E-state index in [9.17, 15) is 0 Å². The molecule has 1 heterocycles. The third-order valence-electron chi connectivity index (χ3n) is 3.56. The summed E-state index contributed by atoms with van der Waals surface area (Å²) in [7, 11) is 0. The first-order chi connectivity index (χ1) is 6.37. The second kappa shape index (κ2) is 3.52. The second-order valence-corrected chi connectivity index (χ2v) is 4.16. The molecule has 2 rings (SSSR count). The van der Waals surface area contributed by atoms with Crippen LogP contribution in [0.1, 0.15) is 51.1 Å². The average Bonchev–Trinajstić information content (AvgIpc) is 2.72. The summed E-state index contributed by atoms with van der Waals surface area (Å²) < 4.78 is 0. The molecule has 1 aliphatic carbocycles. The quantitative estimate of drug-likeness (QED) is 0.741. The molecule has 1 aromatic rings. The maximum Gasteiger partial charge on any atom is 0.0490 e. The van der Waals surface area contributed by atoms with E-state index in [2.05, 4.69) is 23.2 Å². The molecule has 1 saturated carbocycles. The van der Waals surface area contributed by atoms with E-state index in [1.54, 1.807) is 0 Å². The summed E-state index contributed by atoms with van der Waals surface area (Å²) in [5, 5.41) is 7.21. The van der Waals surface area contributed by atoms with Gasteiger partial charge >= 0.3 is 0 Å². The molecule has 1 aromatic heterocycles. The molecular weight excluding hydrogens is 160 g/mol. The smallest absolute Gasteiger partial charge is 0.0490 e. The summed E-state index contributed by atoms with van der Waals surface area (Å²) in [6.07, 6.45) is 9.98. The minimum Gasteiger partial charge on any atom is -0.282 e. The zero-order chi connectivity index (χ0) is 9.15. The summed E-state index contributed by atoms with van der Waals surface area (Å²) >= 11 is 0. The Morgan fingerprint density at radius 2 is 2.15 bits per heavy atom. The van der Waals surface area contributed by atoms with E-state index in [-0.39, 0.29) is 0 Å². The van der Waals surface area contributed by atoms with Crippen LogP contribution < -0.4 is 0 Å². The lowest BCUT2D eigenvalue weighted by Crippen LogP contribution is -2.28. The Labute approximate surface area is 79.7 Å². The highest BCUT2D eigenvalue weighted by Crippen LogP contribution is 2.40. The molecule has 13 heavy (non-hydrogen) atoms. The maximum atomic E-state index is 4.07. The molecule has 2 heteroatoms. The minimum atomic E-state index is 0.425. The van der Waals surface area contributed by atoms with Crippen molar-refractivity contribution in [2.75, 3.05) is 0 Å². The van der Waals surface area contributed by atoms with Crippen LogP contribution in [0.4, 0.5) is 0 Å². The van der Waals surface area contributed by atoms with Crippen LogP contribution >= 0.6 is 0 Å². The lowest BCUT2D eigenvalue weighted by atomic mass is 9.70. The van der Waals surface area contributed by atoms with Gasteiger partial charge in [0.15, 0.2) is 0 Å². The summed E-state index contributed by atoms with van der Waals surface area (Å²) in [6.45, 7) is 2.30. The Morgan fingerprint density at radius 1 is 1.38 bits per heavy atom. The van der Waals surface area contributed by atoms with E-state index in [1.807, 2.05) is 6.20 Å². The molecule has 0 aromatic carbocycles.